The Labute approximate surface area is 138 Å². The fraction of sp³-hybridized carbons (Fsp3) is 0.438. The first kappa shape index (κ1) is 14.6. The van der Waals surface area contributed by atoms with E-state index in [0.717, 1.165) is 25.3 Å². The Morgan fingerprint density at radius 1 is 1.43 bits per heavy atom. The van der Waals surface area contributed by atoms with Crippen LogP contribution in [0.2, 0.25) is 0 Å². The maximum atomic E-state index is 12.4. The second-order valence-corrected chi connectivity index (χ2v) is 7.66. The fourth-order valence-electron chi connectivity index (χ4n) is 3.19. The standard InChI is InChI=1S/C16H18N4O2S/c1-19-8-12(7-18-19)15(21)20-10-16(11-20)6-13(9-23-16)22-14-4-2-3-5-17-14/h2-5,7-8,13H,6,9-11H2,1H3/t13-/m0/s1. The van der Waals surface area contributed by atoms with Crippen molar-refractivity contribution in [1.29, 1.82) is 0 Å². The number of thioether (sulfide) groups is 1. The zero-order valence-corrected chi connectivity index (χ0v) is 13.7. The quantitative estimate of drug-likeness (QED) is 0.855. The lowest BCUT2D eigenvalue weighted by atomic mass is 9.92. The van der Waals surface area contributed by atoms with E-state index in [4.69, 9.17) is 4.74 Å². The summed E-state index contributed by atoms with van der Waals surface area (Å²) in [6.45, 7) is 1.57. The summed E-state index contributed by atoms with van der Waals surface area (Å²) in [5, 5.41) is 4.06. The van der Waals surface area contributed by atoms with E-state index >= 15 is 0 Å². The molecule has 2 aliphatic heterocycles. The Morgan fingerprint density at radius 2 is 2.30 bits per heavy atom. The Morgan fingerprint density at radius 3 is 3.00 bits per heavy atom. The smallest absolute Gasteiger partial charge is 0.257 e. The summed E-state index contributed by atoms with van der Waals surface area (Å²) in [7, 11) is 1.82. The van der Waals surface area contributed by atoms with Gasteiger partial charge >= 0.3 is 0 Å². The van der Waals surface area contributed by atoms with Gasteiger partial charge in [0.2, 0.25) is 5.88 Å². The van der Waals surface area contributed by atoms with Crippen LogP contribution in [0.1, 0.15) is 16.8 Å². The lowest BCUT2D eigenvalue weighted by molar-refractivity contribution is 0.0516. The monoisotopic (exact) mass is 330 g/mol. The minimum atomic E-state index is 0.0680. The van der Waals surface area contributed by atoms with Gasteiger partial charge in [0.1, 0.15) is 6.10 Å². The fourth-order valence-corrected chi connectivity index (χ4v) is 4.72. The van der Waals surface area contributed by atoms with Gasteiger partial charge in [-0.3, -0.25) is 9.48 Å². The lowest BCUT2D eigenvalue weighted by Crippen LogP contribution is -2.60. The summed E-state index contributed by atoms with van der Waals surface area (Å²) in [4.78, 5) is 18.5. The van der Waals surface area contributed by atoms with Crippen molar-refractivity contribution >= 4 is 17.7 Å². The molecule has 0 radical (unpaired) electrons. The highest BCUT2D eigenvalue weighted by Gasteiger charge is 2.51. The van der Waals surface area contributed by atoms with Crippen molar-refractivity contribution < 1.29 is 9.53 Å². The average molecular weight is 330 g/mol. The molecule has 0 aliphatic carbocycles. The molecule has 0 aromatic carbocycles. The van der Waals surface area contributed by atoms with Crippen LogP contribution < -0.4 is 4.74 Å². The molecule has 6 nitrogen and oxygen atoms in total. The number of carbonyl (C=O) groups excluding carboxylic acids is 1. The molecule has 4 heterocycles. The Hall–Kier alpha value is -2.02. The summed E-state index contributed by atoms with van der Waals surface area (Å²) in [5.41, 5.74) is 0.659. The number of aryl methyl sites for hydroxylation is 1. The number of amides is 1. The number of hydrogen-bond acceptors (Lipinski definition) is 5. The molecule has 120 valence electrons. The number of likely N-dealkylation sites (tertiary alicyclic amines) is 1. The van der Waals surface area contributed by atoms with Crippen molar-refractivity contribution in [3.8, 4) is 5.88 Å². The van der Waals surface area contributed by atoms with Crippen molar-refractivity contribution in [3.63, 3.8) is 0 Å². The average Bonchev–Trinajstić information content (AvgIpc) is 3.13. The normalized spacial score (nSPS) is 22.1. The molecule has 1 spiro atoms. The largest absolute Gasteiger partial charge is 0.473 e. The number of carbonyl (C=O) groups is 1. The molecule has 2 saturated heterocycles. The summed E-state index contributed by atoms with van der Waals surface area (Å²) >= 11 is 1.91. The zero-order chi connectivity index (χ0) is 15.9. The predicted molar refractivity (Wildman–Crippen MR) is 87.6 cm³/mol. The summed E-state index contributed by atoms with van der Waals surface area (Å²) in [5.74, 6) is 1.70. The number of ether oxygens (including phenoxy) is 1. The first-order valence-corrected chi connectivity index (χ1v) is 8.62. The van der Waals surface area contributed by atoms with E-state index in [9.17, 15) is 4.79 Å². The highest BCUT2D eigenvalue weighted by atomic mass is 32.2. The molecule has 23 heavy (non-hydrogen) atoms. The van der Waals surface area contributed by atoms with Crippen LogP contribution in [0.4, 0.5) is 0 Å². The molecule has 2 fully saturated rings. The number of nitrogens with zero attached hydrogens (tertiary/aromatic N) is 4. The molecular formula is C16H18N4O2S. The molecule has 4 rings (SSSR count). The summed E-state index contributed by atoms with van der Waals surface area (Å²) in [6.07, 6.45) is 6.27. The van der Waals surface area contributed by atoms with Gasteiger partial charge in [-0.15, -0.1) is 11.8 Å². The maximum absolute atomic E-state index is 12.4. The number of aromatic nitrogens is 3. The van der Waals surface area contributed by atoms with Crippen molar-refractivity contribution in [2.75, 3.05) is 18.8 Å². The van der Waals surface area contributed by atoms with Crippen LogP contribution in [-0.4, -0.2) is 55.3 Å². The molecular weight excluding hydrogens is 312 g/mol. The zero-order valence-electron chi connectivity index (χ0n) is 12.9. The molecule has 7 heteroatoms. The van der Waals surface area contributed by atoms with Crippen LogP contribution in [0.25, 0.3) is 0 Å². The second kappa shape index (κ2) is 5.56. The summed E-state index contributed by atoms with van der Waals surface area (Å²) < 4.78 is 7.75. The van der Waals surface area contributed by atoms with Crippen LogP contribution in [0.5, 0.6) is 5.88 Å². The Bertz CT molecular complexity index is 712. The van der Waals surface area contributed by atoms with E-state index in [1.807, 2.05) is 41.9 Å². The van der Waals surface area contributed by atoms with Gasteiger partial charge in [-0.05, 0) is 6.07 Å². The van der Waals surface area contributed by atoms with Crippen LogP contribution in [0.15, 0.2) is 36.8 Å². The molecule has 2 aliphatic rings. The SMILES string of the molecule is Cn1cc(C(=O)N2CC3(C[C@H](Oc4ccccn4)CS3)C2)cn1. The first-order valence-electron chi connectivity index (χ1n) is 7.63. The van der Waals surface area contributed by atoms with Gasteiger partial charge in [0, 0.05) is 50.8 Å². The molecule has 0 saturated carbocycles. The van der Waals surface area contributed by atoms with Crippen molar-refractivity contribution in [1.82, 2.24) is 19.7 Å². The number of pyridine rings is 1. The molecule has 0 bridgehead atoms. The van der Waals surface area contributed by atoms with Gasteiger partial charge < -0.3 is 9.64 Å². The van der Waals surface area contributed by atoms with Gasteiger partial charge in [-0.2, -0.15) is 5.10 Å². The van der Waals surface area contributed by atoms with E-state index in [1.165, 1.54) is 0 Å². The molecule has 2 aromatic heterocycles. The third-order valence-electron chi connectivity index (χ3n) is 4.30. The van der Waals surface area contributed by atoms with Crippen molar-refractivity contribution in [2.24, 2.45) is 7.05 Å². The van der Waals surface area contributed by atoms with Gasteiger partial charge in [-0.1, -0.05) is 6.07 Å². The minimum absolute atomic E-state index is 0.0680. The summed E-state index contributed by atoms with van der Waals surface area (Å²) in [6, 6.07) is 5.69. The third-order valence-corrected chi connectivity index (χ3v) is 5.87. The highest BCUT2D eigenvalue weighted by molar-refractivity contribution is 8.01. The van der Waals surface area contributed by atoms with Gasteiger partial charge in [0.25, 0.3) is 5.91 Å². The van der Waals surface area contributed by atoms with Gasteiger partial charge in [-0.25, -0.2) is 4.98 Å². The molecule has 0 unspecified atom stereocenters. The molecule has 0 N–H and O–H groups in total. The number of rotatable bonds is 3. The van der Waals surface area contributed by atoms with E-state index < -0.39 is 0 Å². The first-order chi connectivity index (χ1) is 11.1. The van der Waals surface area contributed by atoms with E-state index in [-0.39, 0.29) is 16.8 Å². The van der Waals surface area contributed by atoms with Crippen LogP contribution >= 0.6 is 11.8 Å². The van der Waals surface area contributed by atoms with Crippen molar-refractivity contribution in [2.45, 2.75) is 17.3 Å². The van der Waals surface area contributed by atoms with Crippen LogP contribution in [0, 0.1) is 0 Å². The Kier molecular flexibility index (Phi) is 3.52. The molecule has 2 aromatic rings. The number of hydrogen-bond donors (Lipinski definition) is 0. The topological polar surface area (TPSA) is 60.2 Å². The second-order valence-electron chi connectivity index (χ2n) is 6.17. The predicted octanol–water partition coefficient (Wildman–Crippen LogP) is 1.59. The van der Waals surface area contributed by atoms with Gasteiger partial charge in [0.15, 0.2) is 0 Å². The van der Waals surface area contributed by atoms with Gasteiger partial charge in [0.05, 0.1) is 16.5 Å². The van der Waals surface area contributed by atoms with E-state index in [2.05, 4.69) is 10.1 Å². The Balaban J connectivity index is 1.33. The third kappa shape index (κ3) is 2.81. The van der Waals surface area contributed by atoms with E-state index in [0.29, 0.717) is 11.4 Å². The minimum Gasteiger partial charge on any atom is -0.473 e. The van der Waals surface area contributed by atoms with E-state index in [1.54, 1.807) is 23.3 Å². The lowest BCUT2D eigenvalue weighted by Gasteiger charge is -2.47. The van der Waals surface area contributed by atoms with Crippen LogP contribution in [0.3, 0.4) is 0 Å². The van der Waals surface area contributed by atoms with Crippen LogP contribution in [-0.2, 0) is 7.05 Å². The highest BCUT2D eigenvalue weighted by Crippen LogP contribution is 2.46. The maximum Gasteiger partial charge on any atom is 0.257 e. The molecule has 1 atom stereocenters. The van der Waals surface area contributed by atoms with Crippen molar-refractivity contribution in [3.05, 3.63) is 42.4 Å². The molecule has 1 amide bonds.